The van der Waals surface area contributed by atoms with E-state index in [2.05, 4.69) is 5.32 Å². The van der Waals surface area contributed by atoms with Gasteiger partial charge in [0.2, 0.25) is 5.91 Å². The first-order chi connectivity index (χ1) is 8.11. The number of hydrogen-bond acceptors (Lipinski definition) is 4. The maximum Gasteiger partial charge on any atom is 0.248 e. The minimum Gasteiger partial charge on any atom is -0.371 e. The Bertz CT molecular complexity index is 280. The lowest BCUT2D eigenvalue weighted by Gasteiger charge is -2.32. The number of piperidine rings is 1. The van der Waals surface area contributed by atoms with Gasteiger partial charge in [-0.2, -0.15) is 0 Å². The number of nitrogens with one attached hydrogen (secondary N) is 1. The number of carbonyl (C=O) groups is 1. The maximum atomic E-state index is 11.4. The minimum atomic E-state index is -0.0376. The molecule has 1 amide bonds. The van der Waals surface area contributed by atoms with Gasteiger partial charge < -0.3 is 19.7 Å². The fourth-order valence-electron chi connectivity index (χ4n) is 2.47. The van der Waals surface area contributed by atoms with Crippen LogP contribution in [0, 0.1) is 0 Å². The van der Waals surface area contributed by atoms with Crippen LogP contribution in [0.1, 0.15) is 19.3 Å². The van der Waals surface area contributed by atoms with E-state index in [0.717, 1.165) is 32.4 Å². The molecule has 2 fully saturated rings. The van der Waals surface area contributed by atoms with Gasteiger partial charge in [-0.3, -0.25) is 4.79 Å². The summed E-state index contributed by atoms with van der Waals surface area (Å²) in [5.41, 5.74) is -0.0376. The molecule has 2 aliphatic rings. The molecule has 0 saturated carbocycles. The van der Waals surface area contributed by atoms with Crippen molar-refractivity contribution in [1.29, 1.82) is 0 Å². The molecule has 2 heterocycles. The van der Waals surface area contributed by atoms with Gasteiger partial charge in [0.25, 0.3) is 0 Å². The molecule has 0 bridgehead atoms. The molecule has 18 heavy (non-hydrogen) atoms. The van der Waals surface area contributed by atoms with Crippen LogP contribution in [0.5, 0.6) is 0 Å². The fraction of sp³-hybridized carbons (Fsp3) is 0.917. The number of carbonyl (C=O) groups excluding carboxylic acids is 1. The maximum absolute atomic E-state index is 11.4. The van der Waals surface area contributed by atoms with Crippen molar-refractivity contribution >= 4 is 18.3 Å². The number of ether oxygens (including phenoxy) is 2. The van der Waals surface area contributed by atoms with Crippen molar-refractivity contribution in [2.45, 2.75) is 31.0 Å². The quantitative estimate of drug-likeness (QED) is 0.813. The minimum absolute atomic E-state index is 0. The topological polar surface area (TPSA) is 50.8 Å². The lowest BCUT2D eigenvalue weighted by atomic mass is 9.90. The Kier molecular flexibility index (Phi) is 5.85. The molecule has 2 saturated heterocycles. The lowest BCUT2D eigenvalue weighted by Crippen LogP contribution is -2.45. The number of amides is 1. The van der Waals surface area contributed by atoms with Crippen molar-refractivity contribution in [2.24, 2.45) is 0 Å². The molecule has 5 nitrogen and oxygen atoms in total. The number of hydrogen-bond donors (Lipinski definition) is 1. The van der Waals surface area contributed by atoms with E-state index in [4.69, 9.17) is 9.47 Å². The second-order valence-corrected chi connectivity index (χ2v) is 5.20. The van der Waals surface area contributed by atoms with Crippen molar-refractivity contribution in [2.75, 3.05) is 40.4 Å². The summed E-state index contributed by atoms with van der Waals surface area (Å²) in [7, 11) is 3.48. The van der Waals surface area contributed by atoms with Gasteiger partial charge in [0.05, 0.1) is 18.3 Å². The van der Waals surface area contributed by atoms with E-state index in [-0.39, 0.29) is 36.6 Å². The molecule has 106 valence electrons. The Morgan fingerprint density at radius 2 is 2.33 bits per heavy atom. The average Bonchev–Trinajstić information content (AvgIpc) is 2.70. The monoisotopic (exact) mass is 278 g/mol. The van der Waals surface area contributed by atoms with Gasteiger partial charge in [0.1, 0.15) is 6.61 Å². The SMILES string of the molecule is CN(C)C(=O)CO[C@H]1CO[C@]2(CCCNC2)C1.Cl. The largest absolute Gasteiger partial charge is 0.371 e. The van der Waals surface area contributed by atoms with E-state index in [1.165, 1.54) is 0 Å². The van der Waals surface area contributed by atoms with Crippen molar-refractivity contribution in [3.8, 4) is 0 Å². The van der Waals surface area contributed by atoms with Gasteiger partial charge in [0, 0.05) is 27.1 Å². The molecule has 0 aliphatic carbocycles. The first-order valence-electron chi connectivity index (χ1n) is 6.28. The molecule has 6 heteroatoms. The molecule has 2 aliphatic heterocycles. The second-order valence-electron chi connectivity index (χ2n) is 5.20. The third-order valence-corrected chi connectivity index (χ3v) is 3.55. The molecule has 0 aromatic rings. The summed E-state index contributed by atoms with van der Waals surface area (Å²) in [6, 6.07) is 0. The summed E-state index contributed by atoms with van der Waals surface area (Å²) in [5, 5.41) is 3.37. The zero-order valence-electron chi connectivity index (χ0n) is 11.1. The van der Waals surface area contributed by atoms with E-state index < -0.39 is 0 Å². The Morgan fingerprint density at radius 3 is 2.94 bits per heavy atom. The smallest absolute Gasteiger partial charge is 0.248 e. The average molecular weight is 279 g/mol. The summed E-state index contributed by atoms with van der Waals surface area (Å²) >= 11 is 0. The van der Waals surface area contributed by atoms with E-state index >= 15 is 0 Å². The van der Waals surface area contributed by atoms with Gasteiger partial charge in [-0.25, -0.2) is 0 Å². The molecular weight excluding hydrogens is 256 g/mol. The van der Waals surface area contributed by atoms with Gasteiger partial charge >= 0.3 is 0 Å². The fourth-order valence-corrected chi connectivity index (χ4v) is 2.47. The summed E-state index contributed by atoms with van der Waals surface area (Å²) in [6.07, 6.45) is 3.23. The molecule has 1 spiro atoms. The molecule has 0 unspecified atom stereocenters. The number of halogens is 1. The van der Waals surface area contributed by atoms with Crippen LogP contribution in [0.15, 0.2) is 0 Å². The molecule has 2 atom stereocenters. The number of likely N-dealkylation sites (N-methyl/N-ethyl adjacent to an activating group) is 1. The lowest BCUT2D eigenvalue weighted by molar-refractivity contribution is -0.135. The van der Waals surface area contributed by atoms with Crippen LogP contribution in [0.25, 0.3) is 0 Å². The van der Waals surface area contributed by atoms with Crippen LogP contribution >= 0.6 is 12.4 Å². The van der Waals surface area contributed by atoms with Crippen LogP contribution in [0.3, 0.4) is 0 Å². The first kappa shape index (κ1) is 15.7. The van der Waals surface area contributed by atoms with Crippen molar-refractivity contribution in [1.82, 2.24) is 10.2 Å². The first-order valence-corrected chi connectivity index (χ1v) is 6.28. The van der Waals surface area contributed by atoms with E-state index in [9.17, 15) is 4.79 Å². The van der Waals surface area contributed by atoms with E-state index in [0.29, 0.717) is 6.61 Å². The molecule has 1 N–H and O–H groups in total. The number of rotatable bonds is 3. The number of nitrogens with zero attached hydrogens (tertiary/aromatic N) is 1. The summed E-state index contributed by atoms with van der Waals surface area (Å²) < 4.78 is 11.5. The molecule has 0 radical (unpaired) electrons. The van der Waals surface area contributed by atoms with Gasteiger partial charge in [0.15, 0.2) is 0 Å². The van der Waals surface area contributed by atoms with Gasteiger partial charge in [-0.05, 0) is 19.4 Å². The Morgan fingerprint density at radius 1 is 1.56 bits per heavy atom. The van der Waals surface area contributed by atoms with Crippen molar-refractivity contribution in [3.63, 3.8) is 0 Å². The molecular formula is C12H23ClN2O3. The van der Waals surface area contributed by atoms with Gasteiger partial charge in [-0.1, -0.05) is 0 Å². The normalized spacial score (nSPS) is 31.1. The highest BCUT2D eigenvalue weighted by atomic mass is 35.5. The highest BCUT2D eigenvalue weighted by Crippen LogP contribution is 2.33. The van der Waals surface area contributed by atoms with Crippen LogP contribution in [-0.2, 0) is 14.3 Å². The predicted molar refractivity (Wildman–Crippen MR) is 71.1 cm³/mol. The third kappa shape index (κ3) is 3.82. The van der Waals surface area contributed by atoms with Crippen LogP contribution in [-0.4, -0.2) is 62.9 Å². The zero-order chi connectivity index (χ0) is 12.3. The van der Waals surface area contributed by atoms with E-state index in [1.807, 2.05) is 0 Å². The second kappa shape index (κ2) is 6.70. The van der Waals surface area contributed by atoms with Crippen molar-refractivity contribution in [3.05, 3.63) is 0 Å². The molecule has 2 rings (SSSR count). The Hall–Kier alpha value is -0.360. The Balaban J connectivity index is 0.00000162. The molecule has 0 aromatic carbocycles. The third-order valence-electron chi connectivity index (χ3n) is 3.55. The predicted octanol–water partition coefficient (Wildman–Crippen LogP) is 0.424. The van der Waals surface area contributed by atoms with Crippen molar-refractivity contribution < 1.29 is 14.3 Å². The summed E-state index contributed by atoms with van der Waals surface area (Å²) in [6.45, 7) is 2.76. The standard InChI is InChI=1S/C12H22N2O3.ClH/c1-14(2)11(15)8-16-10-6-12(17-7-10)4-3-5-13-9-12;/h10,13H,3-9H2,1-2H3;1H/t10-,12-;/m1./s1. The summed E-state index contributed by atoms with van der Waals surface area (Å²) in [5.74, 6) is 0.00715. The van der Waals surface area contributed by atoms with E-state index in [1.54, 1.807) is 19.0 Å². The summed E-state index contributed by atoms with van der Waals surface area (Å²) in [4.78, 5) is 13.0. The highest BCUT2D eigenvalue weighted by molar-refractivity contribution is 5.85. The zero-order valence-corrected chi connectivity index (χ0v) is 11.9. The van der Waals surface area contributed by atoms with Crippen LogP contribution in [0.2, 0.25) is 0 Å². The van der Waals surface area contributed by atoms with Crippen LogP contribution < -0.4 is 5.32 Å². The Labute approximate surface area is 115 Å². The van der Waals surface area contributed by atoms with Gasteiger partial charge in [-0.15, -0.1) is 12.4 Å². The van der Waals surface area contributed by atoms with Crippen LogP contribution in [0.4, 0.5) is 0 Å². The molecule has 0 aromatic heterocycles. The highest BCUT2D eigenvalue weighted by Gasteiger charge is 2.41.